The van der Waals surface area contributed by atoms with Crippen LogP contribution in [0.4, 0.5) is 0 Å². The lowest BCUT2D eigenvalue weighted by molar-refractivity contribution is 1.22. The molecule has 1 N–H and O–H groups in total. The molecule has 0 bridgehead atoms. The van der Waals surface area contributed by atoms with Gasteiger partial charge in [0.2, 0.25) is 0 Å². The molecule has 0 saturated carbocycles. The molecule has 0 fully saturated rings. The molecular formula is C18H17ClN2. The minimum atomic E-state index is 0.419. The second-order valence-electron chi connectivity index (χ2n) is 5.28. The van der Waals surface area contributed by atoms with Crippen molar-refractivity contribution in [3.63, 3.8) is 0 Å². The molecule has 0 aliphatic carbocycles. The SMILES string of the molecule is Cc1ccc(-c2nc(-c3ccc(C)cc3)c(CCl)[nH]2)cc1. The van der Waals surface area contributed by atoms with Crippen LogP contribution in [0.3, 0.4) is 0 Å². The van der Waals surface area contributed by atoms with Crippen molar-refractivity contribution in [2.45, 2.75) is 19.7 Å². The van der Waals surface area contributed by atoms with Crippen LogP contribution in [0.5, 0.6) is 0 Å². The summed E-state index contributed by atoms with van der Waals surface area (Å²) in [5, 5.41) is 0. The molecule has 1 aromatic heterocycles. The zero-order chi connectivity index (χ0) is 14.8. The van der Waals surface area contributed by atoms with Crippen LogP contribution in [-0.4, -0.2) is 9.97 Å². The molecule has 0 radical (unpaired) electrons. The minimum absolute atomic E-state index is 0.419. The van der Waals surface area contributed by atoms with Crippen molar-refractivity contribution in [1.29, 1.82) is 0 Å². The number of aryl methyl sites for hydroxylation is 2. The number of imidazole rings is 1. The van der Waals surface area contributed by atoms with E-state index >= 15 is 0 Å². The zero-order valence-electron chi connectivity index (χ0n) is 12.2. The van der Waals surface area contributed by atoms with Gasteiger partial charge in [-0.2, -0.15) is 0 Å². The number of nitrogens with zero attached hydrogens (tertiary/aromatic N) is 1. The first-order valence-corrected chi connectivity index (χ1v) is 7.50. The third-order valence-corrected chi connectivity index (χ3v) is 3.83. The van der Waals surface area contributed by atoms with E-state index in [1.54, 1.807) is 0 Å². The summed E-state index contributed by atoms with van der Waals surface area (Å²) < 4.78 is 0. The normalized spacial score (nSPS) is 10.8. The Bertz CT molecular complexity index is 740. The second kappa shape index (κ2) is 5.74. The quantitative estimate of drug-likeness (QED) is 0.669. The number of nitrogens with one attached hydrogen (secondary N) is 1. The van der Waals surface area contributed by atoms with Crippen molar-refractivity contribution in [2.24, 2.45) is 0 Å². The van der Waals surface area contributed by atoms with Crippen LogP contribution in [0, 0.1) is 13.8 Å². The molecule has 2 aromatic carbocycles. The minimum Gasteiger partial charge on any atom is -0.340 e. The van der Waals surface area contributed by atoms with Crippen molar-refractivity contribution in [3.05, 3.63) is 65.4 Å². The number of aromatic nitrogens is 2. The standard InChI is InChI=1S/C18H17ClN2/c1-12-3-7-14(8-4-12)17-16(11-19)20-18(21-17)15-9-5-13(2)6-10-15/h3-10H,11H2,1-2H3,(H,20,21). The molecule has 0 amide bonds. The number of hydrogen-bond acceptors (Lipinski definition) is 1. The maximum atomic E-state index is 6.07. The van der Waals surface area contributed by atoms with Gasteiger partial charge in [-0.25, -0.2) is 4.98 Å². The molecule has 0 unspecified atom stereocenters. The topological polar surface area (TPSA) is 28.7 Å². The van der Waals surface area contributed by atoms with E-state index in [4.69, 9.17) is 16.6 Å². The monoisotopic (exact) mass is 296 g/mol. The van der Waals surface area contributed by atoms with E-state index in [1.165, 1.54) is 11.1 Å². The molecule has 0 aliphatic heterocycles. The van der Waals surface area contributed by atoms with Gasteiger partial charge in [0.25, 0.3) is 0 Å². The molecule has 3 heteroatoms. The number of aromatic amines is 1. The Morgan fingerprint density at radius 3 is 1.90 bits per heavy atom. The summed E-state index contributed by atoms with van der Waals surface area (Å²) in [7, 11) is 0. The van der Waals surface area contributed by atoms with Crippen molar-refractivity contribution < 1.29 is 0 Å². The maximum Gasteiger partial charge on any atom is 0.138 e. The van der Waals surface area contributed by atoms with E-state index in [9.17, 15) is 0 Å². The number of alkyl halides is 1. The summed E-state index contributed by atoms with van der Waals surface area (Å²) in [6.45, 7) is 4.16. The van der Waals surface area contributed by atoms with E-state index in [0.717, 1.165) is 28.3 Å². The zero-order valence-corrected chi connectivity index (χ0v) is 12.9. The van der Waals surface area contributed by atoms with Gasteiger partial charge in [0.05, 0.1) is 17.3 Å². The Balaban J connectivity index is 2.05. The lowest BCUT2D eigenvalue weighted by Gasteiger charge is -2.00. The fourth-order valence-corrected chi connectivity index (χ4v) is 2.50. The second-order valence-corrected chi connectivity index (χ2v) is 5.55. The smallest absolute Gasteiger partial charge is 0.138 e. The molecule has 106 valence electrons. The molecule has 2 nitrogen and oxygen atoms in total. The average molecular weight is 297 g/mol. The van der Waals surface area contributed by atoms with Gasteiger partial charge in [-0.15, -0.1) is 11.6 Å². The molecule has 21 heavy (non-hydrogen) atoms. The van der Waals surface area contributed by atoms with Crippen LogP contribution in [-0.2, 0) is 5.88 Å². The van der Waals surface area contributed by atoms with Gasteiger partial charge in [-0.1, -0.05) is 59.7 Å². The van der Waals surface area contributed by atoms with Crippen LogP contribution in [0.15, 0.2) is 48.5 Å². The van der Waals surface area contributed by atoms with Crippen LogP contribution < -0.4 is 0 Å². The van der Waals surface area contributed by atoms with Gasteiger partial charge in [0.15, 0.2) is 0 Å². The van der Waals surface area contributed by atoms with Crippen molar-refractivity contribution >= 4 is 11.6 Å². The highest BCUT2D eigenvalue weighted by molar-refractivity contribution is 6.17. The van der Waals surface area contributed by atoms with Gasteiger partial charge in [-0.05, 0) is 13.8 Å². The summed E-state index contributed by atoms with van der Waals surface area (Å²) >= 11 is 6.07. The molecule has 1 heterocycles. The lowest BCUT2D eigenvalue weighted by atomic mass is 10.1. The Morgan fingerprint density at radius 2 is 1.38 bits per heavy atom. The Labute approximate surface area is 129 Å². The van der Waals surface area contributed by atoms with Crippen LogP contribution in [0.25, 0.3) is 22.6 Å². The maximum absolute atomic E-state index is 6.07. The lowest BCUT2D eigenvalue weighted by Crippen LogP contribution is -1.84. The first-order chi connectivity index (χ1) is 10.2. The molecule has 0 atom stereocenters. The molecular weight excluding hydrogens is 280 g/mol. The number of hydrogen-bond donors (Lipinski definition) is 1. The molecule has 3 aromatic rings. The van der Waals surface area contributed by atoms with E-state index < -0.39 is 0 Å². The van der Waals surface area contributed by atoms with Crippen LogP contribution >= 0.6 is 11.6 Å². The first-order valence-electron chi connectivity index (χ1n) is 6.96. The predicted molar refractivity (Wildman–Crippen MR) is 88.5 cm³/mol. The number of H-pyrrole nitrogens is 1. The van der Waals surface area contributed by atoms with E-state index in [0.29, 0.717) is 5.88 Å². The van der Waals surface area contributed by atoms with Crippen molar-refractivity contribution in [1.82, 2.24) is 9.97 Å². The molecule has 0 aliphatic rings. The highest BCUT2D eigenvalue weighted by atomic mass is 35.5. The highest BCUT2D eigenvalue weighted by Crippen LogP contribution is 2.27. The number of halogens is 1. The Morgan fingerprint density at radius 1 is 0.857 bits per heavy atom. The predicted octanol–water partition coefficient (Wildman–Crippen LogP) is 5.10. The van der Waals surface area contributed by atoms with Gasteiger partial charge in [0, 0.05) is 11.1 Å². The molecule has 0 spiro atoms. The average Bonchev–Trinajstić information content (AvgIpc) is 2.93. The first kappa shape index (κ1) is 13.9. The van der Waals surface area contributed by atoms with E-state index in [2.05, 4.69) is 67.4 Å². The van der Waals surface area contributed by atoms with E-state index in [1.807, 2.05) is 0 Å². The Hall–Kier alpha value is -2.06. The number of benzene rings is 2. The van der Waals surface area contributed by atoms with Gasteiger partial charge >= 0.3 is 0 Å². The highest BCUT2D eigenvalue weighted by Gasteiger charge is 2.12. The fraction of sp³-hybridized carbons (Fsp3) is 0.167. The molecule has 0 saturated heterocycles. The summed E-state index contributed by atoms with van der Waals surface area (Å²) in [4.78, 5) is 8.08. The van der Waals surface area contributed by atoms with E-state index in [-0.39, 0.29) is 0 Å². The summed E-state index contributed by atoms with van der Waals surface area (Å²) in [6.07, 6.45) is 0. The summed E-state index contributed by atoms with van der Waals surface area (Å²) in [5.41, 5.74) is 6.52. The summed E-state index contributed by atoms with van der Waals surface area (Å²) in [6, 6.07) is 16.7. The van der Waals surface area contributed by atoms with Gasteiger partial charge in [0.1, 0.15) is 5.82 Å². The summed E-state index contributed by atoms with van der Waals surface area (Å²) in [5.74, 6) is 1.28. The fourth-order valence-electron chi connectivity index (χ4n) is 2.30. The largest absolute Gasteiger partial charge is 0.340 e. The van der Waals surface area contributed by atoms with Gasteiger partial charge in [-0.3, -0.25) is 0 Å². The third kappa shape index (κ3) is 2.86. The third-order valence-electron chi connectivity index (χ3n) is 3.56. The van der Waals surface area contributed by atoms with Gasteiger partial charge < -0.3 is 4.98 Å². The van der Waals surface area contributed by atoms with Crippen molar-refractivity contribution in [3.8, 4) is 22.6 Å². The Kier molecular flexibility index (Phi) is 3.80. The van der Waals surface area contributed by atoms with Crippen LogP contribution in [0.1, 0.15) is 16.8 Å². The van der Waals surface area contributed by atoms with Crippen LogP contribution in [0.2, 0.25) is 0 Å². The molecule has 3 rings (SSSR count). The number of rotatable bonds is 3. The van der Waals surface area contributed by atoms with Crippen molar-refractivity contribution in [2.75, 3.05) is 0 Å².